The van der Waals surface area contributed by atoms with Crippen LogP contribution >= 0.6 is 27.3 Å². The molecular formula is C27H20BrN5O2S. The summed E-state index contributed by atoms with van der Waals surface area (Å²) >= 11 is 4.65. The molecule has 0 aliphatic carbocycles. The number of aromatic nitrogens is 3. The number of amides is 2. The summed E-state index contributed by atoms with van der Waals surface area (Å²) in [5.41, 5.74) is 3.48. The molecule has 0 saturated heterocycles. The molecule has 5 aromatic rings. The highest BCUT2D eigenvalue weighted by Crippen LogP contribution is 2.26. The summed E-state index contributed by atoms with van der Waals surface area (Å²) < 4.78 is 0.845. The second-order valence-corrected chi connectivity index (χ2v) is 9.89. The number of pyridine rings is 1. The Labute approximate surface area is 219 Å². The van der Waals surface area contributed by atoms with Crippen LogP contribution in [0.5, 0.6) is 0 Å². The molecule has 9 heteroatoms. The maximum atomic E-state index is 13.2. The van der Waals surface area contributed by atoms with Gasteiger partial charge in [-0.3, -0.25) is 14.9 Å². The summed E-state index contributed by atoms with van der Waals surface area (Å²) in [4.78, 5) is 30.3. The van der Waals surface area contributed by atoms with Crippen molar-refractivity contribution < 1.29 is 9.59 Å². The van der Waals surface area contributed by atoms with Crippen LogP contribution in [-0.2, 0) is 6.42 Å². The van der Waals surface area contributed by atoms with E-state index in [9.17, 15) is 9.59 Å². The minimum Gasteiger partial charge on any atom is -0.352 e. The average Bonchev–Trinajstić information content (AvgIpc) is 3.35. The number of para-hydroxylation sites is 1. The van der Waals surface area contributed by atoms with Crippen LogP contribution in [0.1, 0.15) is 25.7 Å². The Morgan fingerprint density at radius 2 is 1.67 bits per heavy atom. The number of rotatable bonds is 7. The highest BCUT2D eigenvalue weighted by molar-refractivity contribution is 9.10. The summed E-state index contributed by atoms with van der Waals surface area (Å²) in [5.74, 6) is -0.440. The first-order chi connectivity index (χ1) is 17.6. The van der Waals surface area contributed by atoms with Crippen molar-refractivity contribution in [2.75, 3.05) is 11.9 Å². The summed E-state index contributed by atoms with van der Waals surface area (Å²) in [6.45, 7) is 0.406. The van der Waals surface area contributed by atoms with E-state index in [-0.39, 0.29) is 11.8 Å². The Balaban J connectivity index is 1.28. The quantitative estimate of drug-likeness (QED) is 0.266. The monoisotopic (exact) mass is 557 g/mol. The van der Waals surface area contributed by atoms with Crippen molar-refractivity contribution in [1.29, 1.82) is 0 Å². The van der Waals surface area contributed by atoms with E-state index in [1.54, 1.807) is 18.2 Å². The first-order valence-electron chi connectivity index (χ1n) is 11.2. The molecule has 0 spiro atoms. The lowest BCUT2D eigenvalue weighted by Gasteiger charge is -2.09. The minimum absolute atomic E-state index is 0.159. The highest BCUT2D eigenvalue weighted by Gasteiger charge is 2.16. The van der Waals surface area contributed by atoms with Gasteiger partial charge in [0.2, 0.25) is 5.13 Å². The molecule has 0 aliphatic rings. The van der Waals surface area contributed by atoms with Crippen LogP contribution in [0.3, 0.4) is 0 Å². The topological polar surface area (TPSA) is 96.9 Å². The minimum atomic E-state index is -0.281. The zero-order chi connectivity index (χ0) is 24.9. The zero-order valence-corrected chi connectivity index (χ0v) is 21.3. The van der Waals surface area contributed by atoms with Gasteiger partial charge < -0.3 is 5.32 Å². The summed E-state index contributed by atoms with van der Waals surface area (Å²) in [6.07, 6.45) is 0.504. The number of hydrogen-bond acceptors (Lipinski definition) is 6. The third-order valence-corrected chi connectivity index (χ3v) is 6.82. The molecular weight excluding hydrogens is 538 g/mol. The molecule has 0 radical (unpaired) electrons. The van der Waals surface area contributed by atoms with Crippen molar-refractivity contribution in [2.24, 2.45) is 0 Å². The van der Waals surface area contributed by atoms with Crippen molar-refractivity contribution in [1.82, 2.24) is 20.5 Å². The first kappa shape index (κ1) is 23.8. The average molecular weight is 558 g/mol. The molecule has 2 amide bonds. The van der Waals surface area contributed by atoms with E-state index >= 15 is 0 Å². The number of hydrogen-bond donors (Lipinski definition) is 2. The van der Waals surface area contributed by atoms with Crippen LogP contribution < -0.4 is 10.6 Å². The van der Waals surface area contributed by atoms with E-state index in [2.05, 4.69) is 36.8 Å². The van der Waals surface area contributed by atoms with Gasteiger partial charge in [-0.05, 0) is 30.3 Å². The molecule has 2 aromatic heterocycles. The fraction of sp³-hybridized carbons (Fsp3) is 0.0741. The Kier molecular flexibility index (Phi) is 7.11. The van der Waals surface area contributed by atoms with Crippen molar-refractivity contribution in [3.63, 3.8) is 0 Å². The number of fused-ring (bicyclic) bond motifs is 1. The molecule has 2 N–H and O–H groups in total. The lowest BCUT2D eigenvalue weighted by atomic mass is 10.0. The van der Waals surface area contributed by atoms with Gasteiger partial charge in [0.15, 0.2) is 0 Å². The van der Waals surface area contributed by atoms with Gasteiger partial charge in [0.1, 0.15) is 5.01 Å². The molecule has 178 valence electrons. The van der Waals surface area contributed by atoms with E-state index in [4.69, 9.17) is 4.98 Å². The van der Waals surface area contributed by atoms with Crippen LogP contribution in [0, 0.1) is 0 Å². The number of anilines is 1. The summed E-state index contributed by atoms with van der Waals surface area (Å²) in [7, 11) is 0. The molecule has 0 saturated carbocycles. The molecule has 5 rings (SSSR count). The number of benzene rings is 3. The number of nitrogens with one attached hydrogen (secondary N) is 2. The van der Waals surface area contributed by atoms with Gasteiger partial charge >= 0.3 is 0 Å². The van der Waals surface area contributed by atoms with E-state index in [0.717, 1.165) is 26.6 Å². The molecule has 0 fully saturated rings. The Bertz CT molecular complexity index is 1550. The number of nitrogens with zero attached hydrogens (tertiary/aromatic N) is 3. The maximum Gasteiger partial charge on any atom is 0.258 e. The lowest BCUT2D eigenvalue weighted by molar-refractivity contribution is 0.0953. The molecule has 36 heavy (non-hydrogen) atoms. The van der Waals surface area contributed by atoms with Crippen LogP contribution in [-0.4, -0.2) is 33.5 Å². The first-order valence-corrected chi connectivity index (χ1v) is 12.8. The predicted molar refractivity (Wildman–Crippen MR) is 145 cm³/mol. The summed E-state index contributed by atoms with van der Waals surface area (Å²) in [5, 5.41) is 15.9. The van der Waals surface area contributed by atoms with E-state index in [1.165, 1.54) is 11.3 Å². The number of carbonyl (C=O) groups is 2. The van der Waals surface area contributed by atoms with Gasteiger partial charge in [-0.25, -0.2) is 4.98 Å². The largest absolute Gasteiger partial charge is 0.352 e. The van der Waals surface area contributed by atoms with Gasteiger partial charge in [-0.2, -0.15) is 0 Å². The second kappa shape index (κ2) is 10.8. The van der Waals surface area contributed by atoms with Gasteiger partial charge in [-0.15, -0.1) is 10.2 Å². The van der Waals surface area contributed by atoms with Crippen LogP contribution in [0.4, 0.5) is 5.13 Å². The molecule has 0 atom stereocenters. The van der Waals surface area contributed by atoms with Crippen molar-refractivity contribution in [2.45, 2.75) is 6.42 Å². The van der Waals surface area contributed by atoms with Gasteiger partial charge in [0.05, 0.1) is 16.8 Å². The van der Waals surface area contributed by atoms with Gasteiger partial charge in [-0.1, -0.05) is 81.9 Å². The standard InChI is InChI=1S/C27H20BrN5O2S/c28-19-10-6-9-18(15-19)25(34)29-14-13-24-32-33-27(36-24)31-26(35)21-16-23(17-7-2-1-3-8-17)30-22-12-5-4-11-20(21)22/h1-12,15-16H,13-14H2,(H,29,34)(H,31,33,35). The number of halogens is 1. The third kappa shape index (κ3) is 5.48. The van der Waals surface area contributed by atoms with E-state index in [0.29, 0.717) is 34.2 Å². The molecule has 7 nitrogen and oxygen atoms in total. The fourth-order valence-corrected chi connectivity index (χ4v) is 4.84. The van der Waals surface area contributed by atoms with Gasteiger partial charge in [0, 0.05) is 34.0 Å². The highest BCUT2D eigenvalue weighted by atomic mass is 79.9. The molecule has 0 unspecified atom stereocenters. The lowest BCUT2D eigenvalue weighted by Crippen LogP contribution is -2.25. The molecule has 2 heterocycles. The van der Waals surface area contributed by atoms with Crippen molar-refractivity contribution >= 4 is 55.1 Å². The van der Waals surface area contributed by atoms with Crippen molar-refractivity contribution in [3.8, 4) is 11.3 Å². The zero-order valence-electron chi connectivity index (χ0n) is 18.9. The number of carbonyl (C=O) groups excluding carboxylic acids is 2. The Morgan fingerprint density at radius 1 is 0.861 bits per heavy atom. The Morgan fingerprint density at radius 3 is 2.50 bits per heavy atom. The van der Waals surface area contributed by atoms with Crippen molar-refractivity contribution in [3.05, 3.63) is 106 Å². The SMILES string of the molecule is O=C(NCCc1nnc(NC(=O)c2cc(-c3ccccc3)nc3ccccc23)s1)c1cccc(Br)c1. The fourth-order valence-electron chi connectivity index (χ4n) is 3.70. The normalized spacial score (nSPS) is 10.8. The van der Waals surface area contributed by atoms with E-state index < -0.39 is 0 Å². The molecule has 3 aromatic carbocycles. The van der Waals surface area contributed by atoms with Crippen LogP contribution in [0.2, 0.25) is 0 Å². The van der Waals surface area contributed by atoms with Crippen LogP contribution in [0.15, 0.2) is 89.4 Å². The van der Waals surface area contributed by atoms with E-state index in [1.807, 2.05) is 66.7 Å². The molecule has 0 aliphatic heterocycles. The van der Waals surface area contributed by atoms with Crippen LogP contribution in [0.25, 0.3) is 22.2 Å². The maximum absolute atomic E-state index is 13.2. The van der Waals surface area contributed by atoms with Gasteiger partial charge in [0.25, 0.3) is 11.8 Å². The second-order valence-electron chi connectivity index (χ2n) is 7.91. The molecule has 0 bridgehead atoms. The smallest absolute Gasteiger partial charge is 0.258 e. The third-order valence-electron chi connectivity index (χ3n) is 5.43. The predicted octanol–water partition coefficient (Wildman–Crippen LogP) is 5.74. The Hall–Kier alpha value is -3.95. The summed E-state index contributed by atoms with van der Waals surface area (Å²) in [6, 6.07) is 26.3.